The van der Waals surface area contributed by atoms with E-state index in [1.807, 2.05) is 6.07 Å². The molecule has 21 heavy (non-hydrogen) atoms. The van der Waals surface area contributed by atoms with Crippen LogP contribution < -0.4 is 10.1 Å². The quantitative estimate of drug-likeness (QED) is 0.780. The lowest BCUT2D eigenvalue weighted by molar-refractivity contribution is -0.143. The molecule has 1 unspecified atom stereocenters. The molecular formula is C16H22N2O3. The summed E-state index contributed by atoms with van der Waals surface area (Å²) in [5.41, 5.74) is 1.44. The molecule has 0 aromatic heterocycles. The molecule has 1 atom stereocenters. The highest BCUT2D eigenvalue weighted by Crippen LogP contribution is 2.19. The van der Waals surface area contributed by atoms with E-state index in [0.717, 1.165) is 5.56 Å². The number of hydrogen-bond donors (Lipinski definition) is 1. The number of nitriles is 1. The van der Waals surface area contributed by atoms with Crippen molar-refractivity contribution in [2.24, 2.45) is 5.92 Å². The maximum absolute atomic E-state index is 11.7. The van der Waals surface area contributed by atoms with Gasteiger partial charge in [-0.15, -0.1) is 0 Å². The number of rotatable bonds is 7. The topological polar surface area (TPSA) is 71.3 Å². The van der Waals surface area contributed by atoms with Crippen molar-refractivity contribution in [3.63, 3.8) is 0 Å². The molecule has 1 N–H and O–H groups in total. The Bertz CT molecular complexity index is 521. The van der Waals surface area contributed by atoms with Gasteiger partial charge in [0.15, 0.2) is 0 Å². The predicted octanol–water partition coefficient (Wildman–Crippen LogP) is 2.24. The summed E-state index contributed by atoms with van der Waals surface area (Å²) in [4.78, 5) is 11.7. The van der Waals surface area contributed by atoms with Gasteiger partial charge in [0.2, 0.25) is 0 Å². The van der Waals surface area contributed by atoms with E-state index in [4.69, 9.17) is 14.7 Å². The first-order valence-electron chi connectivity index (χ1n) is 6.90. The minimum atomic E-state index is -0.336. The van der Waals surface area contributed by atoms with Crippen LogP contribution in [0, 0.1) is 17.2 Å². The Morgan fingerprint density at radius 2 is 2.10 bits per heavy atom. The van der Waals surface area contributed by atoms with E-state index in [1.165, 1.54) is 14.2 Å². The van der Waals surface area contributed by atoms with Crippen LogP contribution in [0.25, 0.3) is 0 Å². The van der Waals surface area contributed by atoms with Gasteiger partial charge in [-0.3, -0.25) is 4.79 Å². The fraction of sp³-hybridized carbons (Fsp3) is 0.500. The van der Waals surface area contributed by atoms with Crippen molar-refractivity contribution in [3.8, 4) is 11.8 Å². The van der Waals surface area contributed by atoms with Crippen LogP contribution in [-0.4, -0.2) is 26.2 Å². The molecular weight excluding hydrogens is 268 g/mol. The van der Waals surface area contributed by atoms with Gasteiger partial charge in [0.25, 0.3) is 0 Å². The number of esters is 1. The zero-order valence-corrected chi connectivity index (χ0v) is 13.0. The van der Waals surface area contributed by atoms with E-state index in [-0.39, 0.29) is 12.0 Å². The summed E-state index contributed by atoms with van der Waals surface area (Å²) in [7, 11) is 2.92. The van der Waals surface area contributed by atoms with Gasteiger partial charge in [-0.2, -0.15) is 5.26 Å². The molecule has 0 bridgehead atoms. The van der Waals surface area contributed by atoms with Crippen LogP contribution in [0.15, 0.2) is 18.2 Å². The first-order chi connectivity index (χ1) is 10.0. The molecule has 1 aromatic rings. The minimum absolute atomic E-state index is 0.260. The number of nitrogens with zero attached hydrogens (tertiary/aromatic N) is 1. The molecule has 0 aliphatic carbocycles. The first-order valence-corrected chi connectivity index (χ1v) is 6.90. The van der Waals surface area contributed by atoms with Crippen molar-refractivity contribution in [2.45, 2.75) is 32.9 Å². The zero-order chi connectivity index (χ0) is 15.8. The van der Waals surface area contributed by atoms with Crippen molar-refractivity contribution >= 4 is 5.97 Å². The van der Waals surface area contributed by atoms with E-state index in [0.29, 0.717) is 30.2 Å². The highest BCUT2D eigenvalue weighted by atomic mass is 16.5. The zero-order valence-electron chi connectivity index (χ0n) is 13.0. The molecule has 0 fully saturated rings. The molecule has 0 aliphatic heterocycles. The number of methoxy groups -OCH3 is 2. The Balaban J connectivity index is 2.76. The molecule has 1 rings (SSSR count). The van der Waals surface area contributed by atoms with Crippen molar-refractivity contribution in [1.29, 1.82) is 5.26 Å². The van der Waals surface area contributed by atoms with Crippen molar-refractivity contribution in [3.05, 3.63) is 29.3 Å². The second kappa shape index (κ2) is 8.28. The second-order valence-corrected chi connectivity index (χ2v) is 5.23. The van der Waals surface area contributed by atoms with E-state index in [2.05, 4.69) is 25.2 Å². The molecule has 114 valence electrons. The Morgan fingerprint density at radius 3 is 2.62 bits per heavy atom. The first kappa shape index (κ1) is 17.0. The number of hydrogen-bond acceptors (Lipinski definition) is 5. The smallest absolute Gasteiger partial charge is 0.322 e. The van der Waals surface area contributed by atoms with Crippen molar-refractivity contribution in [1.82, 2.24) is 5.32 Å². The average molecular weight is 290 g/mol. The van der Waals surface area contributed by atoms with Crippen LogP contribution in [0.4, 0.5) is 0 Å². The summed E-state index contributed by atoms with van der Waals surface area (Å²) in [6, 6.07) is 7.10. The Morgan fingerprint density at radius 1 is 1.38 bits per heavy atom. The largest absolute Gasteiger partial charge is 0.495 e. The SMILES string of the molecule is COC(=O)C(CC(C)C)NCc1ccc(C#N)c(OC)c1. The lowest BCUT2D eigenvalue weighted by Crippen LogP contribution is -2.38. The summed E-state index contributed by atoms with van der Waals surface area (Å²) >= 11 is 0. The summed E-state index contributed by atoms with van der Waals surface area (Å²) in [6.07, 6.45) is 0.708. The van der Waals surface area contributed by atoms with Gasteiger partial charge >= 0.3 is 5.97 Å². The Hall–Kier alpha value is -2.06. The Kier molecular flexibility index (Phi) is 6.70. The van der Waals surface area contributed by atoms with Crippen molar-refractivity contribution < 1.29 is 14.3 Å². The van der Waals surface area contributed by atoms with Gasteiger partial charge in [-0.1, -0.05) is 19.9 Å². The molecule has 0 aliphatic rings. The molecule has 0 saturated carbocycles. The third-order valence-corrected chi connectivity index (χ3v) is 3.13. The summed E-state index contributed by atoms with van der Waals surface area (Å²) < 4.78 is 9.99. The molecule has 0 spiro atoms. The van der Waals surface area contributed by atoms with Crippen LogP contribution in [-0.2, 0) is 16.1 Å². The minimum Gasteiger partial charge on any atom is -0.495 e. The molecule has 0 radical (unpaired) electrons. The number of ether oxygens (including phenoxy) is 2. The third kappa shape index (κ3) is 5.09. The van der Waals surface area contributed by atoms with Gasteiger partial charge in [-0.05, 0) is 30.0 Å². The van der Waals surface area contributed by atoms with Gasteiger partial charge in [0.05, 0.1) is 19.8 Å². The standard InChI is InChI=1S/C16H22N2O3/c1-11(2)7-14(16(19)21-4)18-10-12-5-6-13(9-17)15(8-12)20-3/h5-6,8,11,14,18H,7,10H2,1-4H3. The maximum atomic E-state index is 11.7. The summed E-state index contributed by atoms with van der Waals surface area (Å²) in [6.45, 7) is 4.62. The van der Waals surface area contributed by atoms with Crippen LogP contribution in [0.5, 0.6) is 5.75 Å². The van der Waals surface area contributed by atoms with Gasteiger partial charge < -0.3 is 14.8 Å². The molecule has 0 heterocycles. The van der Waals surface area contributed by atoms with Crippen LogP contribution in [0.1, 0.15) is 31.4 Å². The van der Waals surface area contributed by atoms with E-state index >= 15 is 0 Å². The van der Waals surface area contributed by atoms with Gasteiger partial charge in [0, 0.05) is 6.54 Å². The molecule has 5 nitrogen and oxygen atoms in total. The molecule has 5 heteroatoms. The van der Waals surface area contributed by atoms with Gasteiger partial charge in [0.1, 0.15) is 17.9 Å². The highest BCUT2D eigenvalue weighted by molar-refractivity contribution is 5.75. The van der Waals surface area contributed by atoms with Crippen LogP contribution in [0.2, 0.25) is 0 Å². The van der Waals surface area contributed by atoms with Gasteiger partial charge in [-0.25, -0.2) is 0 Å². The summed E-state index contributed by atoms with van der Waals surface area (Å²) in [5, 5.41) is 12.1. The number of benzene rings is 1. The van der Waals surface area contributed by atoms with Crippen LogP contribution >= 0.6 is 0 Å². The molecule has 0 saturated heterocycles. The normalized spacial score (nSPS) is 11.8. The lowest BCUT2D eigenvalue weighted by atomic mass is 10.0. The molecule has 1 aromatic carbocycles. The highest BCUT2D eigenvalue weighted by Gasteiger charge is 2.19. The fourth-order valence-electron chi connectivity index (χ4n) is 2.06. The number of nitrogens with one attached hydrogen (secondary N) is 1. The third-order valence-electron chi connectivity index (χ3n) is 3.13. The van der Waals surface area contributed by atoms with E-state index < -0.39 is 0 Å². The molecule has 0 amide bonds. The maximum Gasteiger partial charge on any atom is 0.322 e. The second-order valence-electron chi connectivity index (χ2n) is 5.23. The number of carbonyl (C=O) groups is 1. The fourth-order valence-corrected chi connectivity index (χ4v) is 2.06. The average Bonchev–Trinajstić information content (AvgIpc) is 2.49. The summed E-state index contributed by atoms with van der Waals surface area (Å²) in [5.74, 6) is 0.664. The van der Waals surface area contributed by atoms with Crippen molar-refractivity contribution in [2.75, 3.05) is 14.2 Å². The predicted molar refractivity (Wildman–Crippen MR) is 79.8 cm³/mol. The number of carbonyl (C=O) groups excluding carboxylic acids is 1. The Labute approximate surface area is 125 Å². The monoisotopic (exact) mass is 290 g/mol. The van der Waals surface area contributed by atoms with Crippen LogP contribution in [0.3, 0.4) is 0 Å². The van der Waals surface area contributed by atoms with E-state index in [9.17, 15) is 4.79 Å². The lowest BCUT2D eigenvalue weighted by Gasteiger charge is -2.18. The van der Waals surface area contributed by atoms with E-state index in [1.54, 1.807) is 12.1 Å².